The molecule has 0 aliphatic heterocycles. The van der Waals surface area contributed by atoms with Crippen LogP contribution in [-0.2, 0) is 4.79 Å². The number of nitrogens with zero attached hydrogens (tertiary/aromatic N) is 2. The molecule has 1 atom stereocenters. The monoisotopic (exact) mass is 369 g/mol. The van der Waals surface area contributed by atoms with Gasteiger partial charge in [0.2, 0.25) is 5.91 Å². The van der Waals surface area contributed by atoms with Crippen LogP contribution in [0.5, 0.6) is 0 Å². The van der Waals surface area contributed by atoms with Crippen molar-refractivity contribution in [3.8, 4) is 6.07 Å². The van der Waals surface area contributed by atoms with Gasteiger partial charge in [-0.05, 0) is 69.5 Å². The highest BCUT2D eigenvalue weighted by atomic mass is 32.1. The van der Waals surface area contributed by atoms with E-state index >= 15 is 0 Å². The van der Waals surface area contributed by atoms with E-state index in [-0.39, 0.29) is 18.5 Å². The molecule has 2 aromatic rings. The van der Waals surface area contributed by atoms with Crippen molar-refractivity contribution in [1.82, 2.24) is 5.32 Å². The molecule has 26 heavy (non-hydrogen) atoms. The molecule has 1 amide bonds. The molecule has 2 rings (SSSR count). The summed E-state index contributed by atoms with van der Waals surface area (Å²) in [5.41, 5.74) is 4.33. The van der Waals surface area contributed by atoms with Crippen LogP contribution < -0.4 is 10.2 Å². The Balaban J connectivity index is 2.11. The van der Waals surface area contributed by atoms with Gasteiger partial charge < -0.3 is 10.2 Å². The van der Waals surface area contributed by atoms with E-state index in [1.165, 1.54) is 15.3 Å². The van der Waals surface area contributed by atoms with Crippen molar-refractivity contribution in [2.24, 2.45) is 0 Å². The number of amides is 1. The van der Waals surface area contributed by atoms with E-state index in [4.69, 9.17) is 5.26 Å². The molecular formula is C21H27N3OS. The lowest BCUT2D eigenvalue weighted by Crippen LogP contribution is -2.39. The highest BCUT2D eigenvalue weighted by molar-refractivity contribution is 7.12. The van der Waals surface area contributed by atoms with Crippen LogP contribution in [0, 0.1) is 39.0 Å². The second-order valence-electron chi connectivity index (χ2n) is 6.77. The fourth-order valence-electron chi connectivity index (χ4n) is 3.19. The summed E-state index contributed by atoms with van der Waals surface area (Å²) in [6.07, 6.45) is 0.317. The molecule has 5 heteroatoms. The average Bonchev–Trinajstić information content (AvgIpc) is 2.90. The van der Waals surface area contributed by atoms with E-state index in [0.717, 1.165) is 16.8 Å². The van der Waals surface area contributed by atoms with Crippen LogP contribution in [0.4, 0.5) is 5.69 Å². The van der Waals surface area contributed by atoms with Crippen LogP contribution in [-0.4, -0.2) is 19.0 Å². The molecular weight excluding hydrogens is 342 g/mol. The number of nitriles is 1. The highest BCUT2D eigenvalue weighted by Gasteiger charge is 2.18. The summed E-state index contributed by atoms with van der Waals surface area (Å²) in [6, 6.07) is 10.5. The predicted octanol–water partition coefficient (Wildman–Crippen LogP) is 4.58. The van der Waals surface area contributed by atoms with Gasteiger partial charge in [-0.15, -0.1) is 11.3 Å². The lowest BCUT2D eigenvalue weighted by molar-refractivity contribution is -0.117. The quantitative estimate of drug-likeness (QED) is 0.777. The number of anilines is 1. The zero-order chi connectivity index (χ0) is 19.3. The minimum absolute atomic E-state index is 0.0123. The first-order chi connectivity index (χ1) is 12.3. The van der Waals surface area contributed by atoms with Gasteiger partial charge in [-0.2, -0.15) is 5.26 Å². The summed E-state index contributed by atoms with van der Waals surface area (Å²) >= 11 is 1.78. The van der Waals surface area contributed by atoms with Crippen molar-refractivity contribution in [2.75, 3.05) is 18.0 Å². The minimum atomic E-state index is -0.0123. The Morgan fingerprint density at radius 3 is 2.38 bits per heavy atom. The first-order valence-corrected chi connectivity index (χ1v) is 9.69. The van der Waals surface area contributed by atoms with Gasteiger partial charge in [0.15, 0.2) is 0 Å². The van der Waals surface area contributed by atoms with Crippen LogP contribution in [0.1, 0.15) is 45.8 Å². The Morgan fingerprint density at radius 1 is 1.19 bits per heavy atom. The van der Waals surface area contributed by atoms with Crippen molar-refractivity contribution in [3.63, 3.8) is 0 Å². The van der Waals surface area contributed by atoms with E-state index in [1.807, 2.05) is 26.0 Å². The van der Waals surface area contributed by atoms with Gasteiger partial charge in [-0.25, -0.2) is 0 Å². The molecule has 0 aliphatic rings. The van der Waals surface area contributed by atoms with Crippen LogP contribution in [0.3, 0.4) is 0 Å². The molecule has 1 heterocycles. The molecule has 0 radical (unpaired) electrons. The Labute approximate surface area is 160 Å². The van der Waals surface area contributed by atoms with Gasteiger partial charge in [-0.1, -0.05) is 6.07 Å². The first-order valence-electron chi connectivity index (χ1n) is 8.87. The van der Waals surface area contributed by atoms with Crippen LogP contribution in [0.25, 0.3) is 0 Å². The van der Waals surface area contributed by atoms with Gasteiger partial charge in [-0.3, -0.25) is 4.79 Å². The zero-order valence-electron chi connectivity index (χ0n) is 16.2. The van der Waals surface area contributed by atoms with Gasteiger partial charge in [0.1, 0.15) is 0 Å². The number of hydrogen-bond acceptors (Lipinski definition) is 4. The lowest BCUT2D eigenvalue weighted by Gasteiger charge is -2.24. The van der Waals surface area contributed by atoms with Crippen LogP contribution in [0.2, 0.25) is 0 Å². The molecule has 1 unspecified atom stereocenters. The summed E-state index contributed by atoms with van der Waals surface area (Å²) in [5.74, 6) is -0.0123. The maximum atomic E-state index is 12.9. The lowest BCUT2D eigenvalue weighted by atomic mass is 10.1. The summed E-state index contributed by atoms with van der Waals surface area (Å²) in [4.78, 5) is 17.1. The number of benzene rings is 1. The molecule has 0 saturated carbocycles. The molecule has 138 valence electrons. The molecule has 1 aromatic heterocycles. The SMILES string of the molecule is Cc1cc(C)cc(N(CCC#N)C(=O)CNC(C)c2cc(C)sc2C)c1. The smallest absolute Gasteiger partial charge is 0.240 e. The molecule has 0 spiro atoms. The fourth-order valence-corrected chi connectivity index (χ4v) is 4.21. The fraction of sp³-hybridized carbons (Fsp3) is 0.429. The molecule has 0 bridgehead atoms. The number of nitrogens with one attached hydrogen (secondary N) is 1. The van der Waals surface area contributed by atoms with Crippen molar-refractivity contribution >= 4 is 22.9 Å². The van der Waals surface area contributed by atoms with Crippen molar-refractivity contribution in [2.45, 2.75) is 47.1 Å². The molecule has 1 N–H and O–H groups in total. The third-order valence-corrected chi connectivity index (χ3v) is 5.35. The third kappa shape index (κ3) is 5.17. The van der Waals surface area contributed by atoms with E-state index in [9.17, 15) is 4.79 Å². The van der Waals surface area contributed by atoms with Gasteiger partial charge in [0, 0.05) is 28.0 Å². The van der Waals surface area contributed by atoms with Crippen molar-refractivity contribution in [1.29, 1.82) is 5.26 Å². The Bertz CT molecular complexity index is 799. The molecule has 0 saturated heterocycles. The second kappa shape index (κ2) is 8.98. The summed E-state index contributed by atoms with van der Waals surface area (Å²) < 4.78 is 0. The number of thiophene rings is 1. The maximum Gasteiger partial charge on any atom is 0.240 e. The zero-order valence-corrected chi connectivity index (χ0v) is 17.0. The number of carbonyl (C=O) groups is 1. The molecule has 0 aliphatic carbocycles. The number of carbonyl (C=O) groups excluding carboxylic acids is 1. The largest absolute Gasteiger partial charge is 0.310 e. The Morgan fingerprint density at radius 2 is 1.85 bits per heavy atom. The second-order valence-corrected chi connectivity index (χ2v) is 8.23. The Hall–Kier alpha value is -2.16. The van der Waals surface area contributed by atoms with Crippen LogP contribution in [0.15, 0.2) is 24.3 Å². The molecule has 4 nitrogen and oxygen atoms in total. The van der Waals surface area contributed by atoms with E-state index in [1.54, 1.807) is 16.2 Å². The van der Waals surface area contributed by atoms with Gasteiger partial charge in [0.25, 0.3) is 0 Å². The maximum absolute atomic E-state index is 12.9. The number of aryl methyl sites for hydroxylation is 4. The summed E-state index contributed by atoms with van der Waals surface area (Å²) in [6.45, 7) is 11.0. The number of rotatable bonds is 7. The van der Waals surface area contributed by atoms with E-state index in [0.29, 0.717) is 13.0 Å². The number of hydrogen-bond donors (Lipinski definition) is 1. The normalized spacial score (nSPS) is 11.8. The predicted molar refractivity (Wildman–Crippen MR) is 109 cm³/mol. The van der Waals surface area contributed by atoms with Gasteiger partial charge in [0.05, 0.1) is 19.0 Å². The molecule has 0 fully saturated rings. The van der Waals surface area contributed by atoms with Crippen molar-refractivity contribution in [3.05, 3.63) is 50.7 Å². The van der Waals surface area contributed by atoms with Gasteiger partial charge >= 0.3 is 0 Å². The van der Waals surface area contributed by atoms with E-state index < -0.39 is 0 Å². The minimum Gasteiger partial charge on any atom is -0.310 e. The third-order valence-electron chi connectivity index (χ3n) is 4.37. The summed E-state index contributed by atoms with van der Waals surface area (Å²) in [5, 5.41) is 12.3. The summed E-state index contributed by atoms with van der Waals surface area (Å²) in [7, 11) is 0. The average molecular weight is 370 g/mol. The Kier molecular flexibility index (Phi) is 6.96. The van der Waals surface area contributed by atoms with Crippen LogP contribution >= 0.6 is 11.3 Å². The highest BCUT2D eigenvalue weighted by Crippen LogP contribution is 2.26. The van der Waals surface area contributed by atoms with Crippen molar-refractivity contribution < 1.29 is 4.79 Å². The first kappa shape index (κ1) is 20.2. The molecule has 1 aromatic carbocycles. The standard InChI is InChI=1S/C21H27N3OS/c1-14-9-15(2)11-19(10-14)24(8-6-7-22)21(25)13-23-17(4)20-12-16(3)26-18(20)5/h9-12,17,23H,6,8,13H2,1-5H3. The topological polar surface area (TPSA) is 56.1 Å². The van der Waals surface area contributed by atoms with E-state index in [2.05, 4.69) is 44.3 Å².